The Bertz CT molecular complexity index is 593. The van der Waals surface area contributed by atoms with E-state index in [4.69, 9.17) is 0 Å². The number of rotatable bonds is 4. The van der Waals surface area contributed by atoms with Gasteiger partial charge in [-0.25, -0.2) is 4.79 Å². The van der Waals surface area contributed by atoms with Crippen molar-refractivity contribution in [1.82, 2.24) is 19.8 Å². The summed E-state index contributed by atoms with van der Waals surface area (Å²) in [5, 5.41) is 3.36. The van der Waals surface area contributed by atoms with Crippen molar-refractivity contribution in [3.8, 4) is 5.69 Å². The van der Waals surface area contributed by atoms with Crippen molar-refractivity contribution in [3.05, 3.63) is 52.7 Å². The van der Waals surface area contributed by atoms with Crippen LogP contribution in [0.15, 0.2) is 41.5 Å². The molecule has 5 nitrogen and oxygen atoms in total. The molecular weight excluding hydrogens is 252 g/mol. The van der Waals surface area contributed by atoms with Crippen LogP contribution in [0.25, 0.3) is 5.69 Å². The van der Waals surface area contributed by atoms with Crippen molar-refractivity contribution in [2.45, 2.75) is 6.42 Å². The van der Waals surface area contributed by atoms with E-state index >= 15 is 0 Å². The van der Waals surface area contributed by atoms with Gasteiger partial charge in [0.25, 0.3) is 0 Å². The van der Waals surface area contributed by atoms with Crippen LogP contribution < -0.4 is 11.0 Å². The Balaban J connectivity index is 1.61. The summed E-state index contributed by atoms with van der Waals surface area (Å²) in [6, 6.07) is 8.22. The summed E-state index contributed by atoms with van der Waals surface area (Å²) < 4.78 is 1.61. The van der Waals surface area contributed by atoms with Gasteiger partial charge >= 0.3 is 5.69 Å². The molecular formula is C15H20N4O. The monoisotopic (exact) mass is 272 g/mol. The van der Waals surface area contributed by atoms with Gasteiger partial charge in [-0.15, -0.1) is 0 Å². The number of hydrogen-bond donors (Lipinski definition) is 2. The Morgan fingerprint density at radius 1 is 1.10 bits per heavy atom. The minimum Gasteiger partial charge on any atom is -0.314 e. The average Bonchev–Trinajstić information content (AvgIpc) is 2.93. The molecule has 0 saturated carbocycles. The molecule has 1 aromatic carbocycles. The molecule has 1 aromatic heterocycles. The molecule has 1 saturated heterocycles. The lowest BCUT2D eigenvalue weighted by Gasteiger charge is -2.27. The van der Waals surface area contributed by atoms with Crippen LogP contribution in [0.3, 0.4) is 0 Å². The molecule has 3 rings (SSSR count). The van der Waals surface area contributed by atoms with Gasteiger partial charge in [0.05, 0.1) is 5.69 Å². The fourth-order valence-electron chi connectivity index (χ4n) is 2.57. The van der Waals surface area contributed by atoms with E-state index in [0.717, 1.165) is 44.8 Å². The molecule has 0 amide bonds. The molecule has 2 aromatic rings. The Hall–Kier alpha value is -1.85. The van der Waals surface area contributed by atoms with Crippen molar-refractivity contribution >= 4 is 0 Å². The zero-order valence-corrected chi connectivity index (χ0v) is 11.5. The maximum atomic E-state index is 11.5. The van der Waals surface area contributed by atoms with Crippen LogP contribution in [-0.4, -0.2) is 47.2 Å². The average molecular weight is 272 g/mol. The van der Waals surface area contributed by atoms with E-state index < -0.39 is 0 Å². The maximum Gasteiger partial charge on any atom is 0.330 e. The van der Waals surface area contributed by atoms with E-state index in [-0.39, 0.29) is 5.69 Å². The predicted octanol–water partition coefficient (Wildman–Crippen LogP) is 0.613. The molecule has 1 aliphatic rings. The van der Waals surface area contributed by atoms with Crippen molar-refractivity contribution in [1.29, 1.82) is 0 Å². The van der Waals surface area contributed by atoms with Crippen LogP contribution in [-0.2, 0) is 6.42 Å². The summed E-state index contributed by atoms with van der Waals surface area (Å²) in [6.07, 6.45) is 4.46. The third-order valence-corrected chi connectivity index (χ3v) is 3.79. The molecule has 20 heavy (non-hydrogen) atoms. The lowest BCUT2D eigenvalue weighted by atomic mass is 10.1. The second-order valence-corrected chi connectivity index (χ2v) is 5.14. The topological polar surface area (TPSA) is 53.1 Å². The van der Waals surface area contributed by atoms with Crippen LogP contribution in [0.5, 0.6) is 0 Å². The fourth-order valence-corrected chi connectivity index (χ4v) is 2.57. The number of nitrogens with one attached hydrogen (secondary N) is 2. The molecule has 0 aliphatic carbocycles. The first kappa shape index (κ1) is 13.1. The number of H-pyrrole nitrogens is 1. The normalized spacial score (nSPS) is 16.4. The highest BCUT2D eigenvalue weighted by Gasteiger charge is 2.09. The second-order valence-electron chi connectivity index (χ2n) is 5.14. The highest BCUT2D eigenvalue weighted by atomic mass is 16.1. The van der Waals surface area contributed by atoms with Gasteiger partial charge in [-0.3, -0.25) is 4.57 Å². The zero-order chi connectivity index (χ0) is 13.8. The van der Waals surface area contributed by atoms with Crippen molar-refractivity contribution in [2.75, 3.05) is 32.7 Å². The lowest BCUT2D eigenvalue weighted by molar-refractivity contribution is 0.244. The van der Waals surface area contributed by atoms with E-state index in [1.165, 1.54) is 5.56 Å². The van der Waals surface area contributed by atoms with E-state index in [0.29, 0.717) is 0 Å². The number of imidazole rings is 1. The second kappa shape index (κ2) is 6.07. The Kier molecular flexibility index (Phi) is 3.99. The minimum absolute atomic E-state index is 0.0985. The van der Waals surface area contributed by atoms with Gasteiger partial charge in [-0.1, -0.05) is 12.1 Å². The van der Waals surface area contributed by atoms with Crippen LogP contribution in [0, 0.1) is 0 Å². The summed E-state index contributed by atoms with van der Waals surface area (Å²) >= 11 is 0. The summed E-state index contributed by atoms with van der Waals surface area (Å²) in [5.41, 5.74) is 2.12. The van der Waals surface area contributed by atoms with Gasteiger partial charge in [-0.05, 0) is 24.1 Å². The molecule has 0 spiro atoms. The number of hydrogen-bond acceptors (Lipinski definition) is 3. The van der Waals surface area contributed by atoms with E-state index in [2.05, 4.69) is 27.3 Å². The quantitative estimate of drug-likeness (QED) is 0.857. The van der Waals surface area contributed by atoms with Gasteiger partial charge < -0.3 is 15.2 Å². The van der Waals surface area contributed by atoms with E-state index in [9.17, 15) is 4.79 Å². The number of benzene rings is 1. The largest absolute Gasteiger partial charge is 0.330 e. The van der Waals surface area contributed by atoms with Crippen LogP contribution >= 0.6 is 0 Å². The molecule has 1 fully saturated rings. The molecule has 0 radical (unpaired) electrons. The fraction of sp³-hybridized carbons (Fsp3) is 0.400. The van der Waals surface area contributed by atoms with Gasteiger partial charge in [0.15, 0.2) is 0 Å². The third kappa shape index (κ3) is 3.00. The molecule has 2 N–H and O–H groups in total. The van der Waals surface area contributed by atoms with Crippen LogP contribution in [0.4, 0.5) is 0 Å². The summed E-state index contributed by atoms with van der Waals surface area (Å²) in [6.45, 7) is 5.56. The summed E-state index contributed by atoms with van der Waals surface area (Å²) in [4.78, 5) is 16.7. The Labute approximate surface area is 118 Å². The molecule has 2 heterocycles. The molecule has 1 aliphatic heterocycles. The first-order valence-corrected chi connectivity index (χ1v) is 7.11. The van der Waals surface area contributed by atoms with Gasteiger partial charge in [0, 0.05) is 45.1 Å². The van der Waals surface area contributed by atoms with Crippen LogP contribution in [0.1, 0.15) is 5.56 Å². The van der Waals surface area contributed by atoms with Gasteiger partial charge in [0.1, 0.15) is 0 Å². The Morgan fingerprint density at radius 2 is 1.85 bits per heavy atom. The maximum absolute atomic E-state index is 11.5. The number of piperazine rings is 1. The van der Waals surface area contributed by atoms with Crippen molar-refractivity contribution in [2.24, 2.45) is 0 Å². The molecule has 0 bridgehead atoms. The SMILES string of the molecule is O=c1[nH]ccn1-c1ccc(CCN2CCNCC2)cc1. The van der Waals surface area contributed by atoms with Crippen LogP contribution in [0.2, 0.25) is 0 Å². The molecule has 5 heteroatoms. The Morgan fingerprint density at radius 3 is 2.50 bits per heavy atom. The highest BCUT2D eigenvalue weighted by Crippen LogP contribution is 2.09. The third-order valence-electron chi connectivity index (χ3n) is 3.79. The standard InChI is InChI=1S/C15H20N4O/c20-15-17-8-12-19(15)14-3-1-13(2-4-14)5-9-18-10-6-16-7-11-18/h1-4,8,12,16H,5-7,9-11H2,(H,17,20). The first-order chi connectivity index (χ1) is 9.83. The first-order valence-electron chi connectivity index (χ1n) is 7.11. The highest BCUT2D eigenvalue weighted by molar-refractivity contribution is 5.34. The van der Waals surface area contributed by atoms with E-state index in [1.807, 2.05) is 12.1 Å². The number of aromatic amines is 1. The summed E-state index contributed by atoms with van der Waals surface area (Å²) in [7, 11) is 0. The molecule has 0 unspecified atom stereocenters. The van der Waals surface area contributed by atoms with E-state index in [1.54, 1.807) is 17.0 Å². The van der Waals surface area contributed by atoms with Crippen molar-refractivity contribution in [3.63, 3.8) is 0 Å². The molecule has 106 valence electrons. The number of aromatic nitrogens is 2. The summed E-state index contributed by atoms with van der Waals surface area (Å²) in [5.74, 6) is 0. The van der Waals surface area contributed by atoms with Gasteiger partial charge in [-0.2, -0.15) is 0 Å². The predicted molar refractivity (Wildman–Crippen MR) is 79.4 cm³/mol. The lowest BCUT2D eigenvalue weighted by Crippen LogP contribution is -2.44. The smallest absolute Gasteiger partial charge is 0.314 e. The number of nitrogens with zero attached hydrogens (tertiary/aromatic N) is 2. The molecule has 0 atom stereocenters. The minimum atomic E-state index is -0.0985. The zero-order valence-electron chi connectivity index (χ0n) is 11.5. The van der Waals surface area contributed by atoms with Crippen molar-refractivity contribution < 1.29 is 0 Å². The van der Waals surface area contributed by atoms with Gasteiger partial charge in [0.2, 0.25) is 0 Å².